The number of aromatic amines is 1. The molecule has 0 aliphatic heterocycles. The minimum Gasteiger partial charge on any atom is -0.468 e. The summed E-state index contributed by atoms with van der Waals surface area (Å²) in [6.07, 6.45) is -4.77. The molecule has 3 aromatic rings. The quantitative estimate of drug-likeness (QED) is 0.502. The van der Waals surface area contributed by atoms with Crippen LogP contribution in [0.15, 0.2) is 36.4 Å². The van der Waals surface area contributed by atoms with Crippen LogP contribution in [0.3, 0.4) is 0 Å². The zero-order chi connectivity index (χ0) is 21.9. The van der Waals surface area contributed by atoms with E-state index in [1.54, 1.807) is 0 Å². The normalized spacial score (nSPS) is 11.2. The summed E-state index contributed by atoms with van der Waals surface area (Å²) in [4.78, 5) is 30.6. The molecule has 1 heterocycles. The molecule has 0 saturated carbocycles. The summed E-state index contributed by atoms with van der Waals surface area (Å²) in [5.41, 5.74) is 1.48. The minimum atomic E-state index is -4.77. The Labute approximate surface area is 172 Å². The summed E-state index contributed by atoms with van der Waals surface area (Å²) >= 11 is 6.14. The van der Waals surface area contributed by atoms with E-state index in [-0.39, 0.29) is 28.8 Å². The third-order valence-electron chi connectivity index (χ3n) is 3.79. The second-order valence-corrected chi connectivity index (χ2v) is 6.30. The second kappa shape index (κ2) is 8.49. The monoisotopic (exact) mass is 442 g/mol. The molecule has 0 atom stereocenters. The van der Waals surface area contributed by atoms with Gasteiger partial charge in [-0.3, -0.25) is 9.59 Å². The number of esters is 1. The number of carbonyl (C=O) groups is 2. The largest absolute Gasteiger partial charge is 0.573 e. The minimum absolute atomic E-state index is 0.111. The fourth-order valence-corrected chi connectivity index (χ4v) is 2.71. The van der Waals surface area contributed by atoms with Gasteiger partial charge in [0.1, 0.15) is 12.3 Å². The third-order valence-corrected chi connectivity index (χ3v) is 4.10. The van der Waals surface area contributed by atoms with Gasteiger partial charge in [-0.2, -0.15) is 0 Å². The van der Waals surface area contributed by atoms with Gasteiger partial charge in [-0.05, 0) is 36.4 Å². The average Bonchev–Trinajstić information content (AvgIpc) is 3.06. The fraction of sp³-hybridized carbons (Fsp3) is 0.167. The van der Waals surface area contributed by atoms with Gasteiger partial charge in [-0.1, -0.05) is 11.6 Å². The highest BCUT2D eigenvalue weighted by Crippen LogP contribution is 2.27. The Balaban J connectivity index is 1.75. The molecule has 12 heteroatoms. The summed E-state index contributed by atoms with van der Waals surface area (Å²) in [6.45, 7) is -0.314. The zero-order valence-electron chi connectivity index (χ0n) is 15.3. The van der Waals surface area contributed by atoms with Crippen molar-refractivity contribution in [2.45, 2.75) is 6.36 Å². The topological polar surface area (TPSA) is 105 Å². The maximum absolute atomic E-state index is 12.2. The van der Waals surface area contributed by atoms with E-state index >= 15 is 0 Å². The Hall–Kier alpha value is -3.47. The SMILES string of the molecule is COC(=O)CNC(=O)c1cc2nc(Nc3ccc(OC(F)(F)F)cc3)[nH]c2cc1Cl. The number of aromatic nitrogens is 2. The van der Waals surface area contributed by atoms with Gasteiger partial charge in [-0.25, -0.2) is 4.98 Å². The van der Waals surface area contributed by atoms with Gasteiger partial charge < -0.3 is 25.1 Å². The standard InChI is InChI=1S/C18H14ClF3N4O4/c1-29-15(27)8-23-16(28)11-6-13-14(7-12(11)19)26-17(25-13)24-9-2-4-10(5-3-9)30-18(20,21)22/h2-7H,8H2,1H3,(H,23,28)(H2,24,25,26). The smallest absolute Gasteiger partial charge is 0.468 e. The summed E-state index contributed by atoms with van der Waals surface area (Å²) in [5, 5.41) is 5.40. The van der Waals surface area contributed by atoms with Crippen molar-refractivity contribution in [1.82, 2.24) is 15.3 Å². The van der Waals surface area contributed by atoms with Crippen molar-refractivity contribution in [2.24, 2.45) is 0 Å². The molecule has 0 saturated heterocycles. The zero-order valence-corrected chi connectivity index (χ0v) is 16.0. The Bertz CT molecular complexity index is 1080. The predicted octanol–water partition coefficient (Wildman–Crippen LogP) is 3.76. The summed E-state index contributed by atoms with van der Waals surface area (Å²) < 4.78 is 44.9. The Morgan fingerprint density at radius 2 is 1.90 bits per heavy atom. The number of H-pyrrole nitrogens is 1. The van der Waals surface area contributed by atoms with Gasteiger partial charge in [0.05, 0.1) is 28.7 Å². The predicted molar refractivity (Wildman–Crippen MR) is 102 cm³/mol. The number of anilines is 2. The number of amides is 1. The van der Waals surface area contributed by atoms with E-state index < -0.39 is 18.2 Å². The molecule has 0 radical (unpaired) electrons. The van der Waals surface area contributed by atoms with Crippen LogP contribution < -0.4 is 15.4 Å². The van der Waals surface area contributed by atoms with Crippen molar-refractivity contribution in [3.05, 3.63) is 47.0 Å². The van der Waals surface area contributed by atoms with Gasteiger partial charge in [0.2, 0.25) is 5.95 Å². The molecule has 0 spiro atoms. The second-order valence-electron chi connectivity index (χ2n) is 5.89. The first-order valence-electron chi connectivity index (χ1n) is 8.32. The molecular weight excluding hydrogens is 429 g/mol. The van der Waals surface area contributed by atoms with Crippen LogP contribution >= 0.6 is 11.6 Å². The molecule has 0 unspecified atom stereocenters. The number of hydrogen-bond donors (Lipinski definition) is 3. The number of benzene rings is 2. The lowest BCUT2D eigenvalue weighted by atomic mass is 10.2. The van der Waals surface area contributed by atoms with Crippen molar-refractivity contribution >= 4 is 46.1 Å². The lowest BCUT2D eigenvalue weighted by Crippen LogP contribution is -2.30. The van der Waals surface area contributed by atoms with E-state index in [0.717, 1.165) is 12.1 Å². The van der Waals surface area contributed by atoms with Gasteiger partial charge in [0, 0.05) is 5.69 Å². The first kappa shape index (κ1) is 21.2. The maximum atomic E-state index is 12.2. The van der Waals surface area contributed by atoms with Crippen LogP contribution in [0.4, 0.5) is 24.8 Å². The van der Waals surface area contributed by atoms with Crippen LogP contribution in [0.2, 0.25) is 5.02 Å². The highest BCUT2D eigenvalue weighted by Gasteiger charge is 2.30. The van der Waals surface area contributed by atoms with E-state index in [0.29, 0.717) is 16.7 Å². The number of rotatable bonds is 6. The number of hydrogen-bond acceptors (Lipinski definition) is 6. The fourth-order valence-electron chi connectivity index (χ4n) is 2.46. The molecule has 1 amide bonds. The number of alkyl halides is 3. The van der Waals surface area contributed by atoms with Crippen LogP contribution in [0.5, 0.6) is 5.75 Å². The molecule has 3 rings (SSSR count). The third kappa shape index (κ3) is 5.32. The molecule has 30 heavy (non-hydrogen) atoms. The Kier molecular flexibility index (Phi) is 6.01. The highest BCUT2D eigenvalue weighted by molar-refractivity contribution is 6.34. The number of methoxy groups -OCH3 is 1. The van der Waals surface area contributed by atoms with Gasteiger partial charge in [0.15, 0.2) is 0 Å². The van der Waals surface area contributed by atoms with Crippen molar-refractivity contribution in [3.8, 4) is 5.75 Å². The lowest BCUT2D eigenvalue weighted by molar-refractivity contribution is -0.274. The number of carbonyl (C=O) groups excluding carboxylic acids is 2. The highest BCUT2D eigenvalue weighted by atomic mass is 35.5. The van der Waals surface area contributed by atoms with Crippen molar-refractivity contribution < 1.29 is 32.2 Å². The van der Waals surface area contributed by atoms with Crippen LogP contribution in [0, 0.1) is 0 Å². The van der Waals surface area contributed by atoms with Gasteiger partial charge in [0.25, 0.3) is 5.91 Å². The maximum Gasteiger partial charge on any atom is 0.573 e. The number of nitrogens with zero attached hydrogens (tertiary/aromatic N) is 1. The van der Waals surface area contributed by atoms with Crippen molar-refractivity contribution in [2.75, 3.05) is 19.0 Å². The van der Waals surface area contributed by atoms with E-state index in [4.69, 9.17) is 11.6 Å². The first-order valence-corrected chi connectivity index (χ1v) is 8.69. The van der Waals surface area contributed by atoms with Gasteiger partial charge in [-0.15, -0.1) is 13.2 Å². The summed E-state index contributed by atoms with van der Waals surface area (Å²) in [5.74, 6) is -1.27. The number of fused-ring (bicyclic) bond motifs is 1. The number of halogens is 4. The van der Waals surface area contributed by atoms with Crippen LogP contribution in [-0.4, -0.2) is 41.9 Å². The first-order chi connectivity index (χ1) is 14.1. The van der Waals surface area contributed by atoms with Crippen LogP contribution in [-0.2, 0) is 9.53 Å². The Morgan fingerprint density at radius 3 is 2.53 bits per heavy atom. The Morgan fingerprint density at radius 1 is 1.20 bits per heavy atom. The van der Waals surface area contributed by atoms with Gasteiger partial charge >= 0.3 is 12.3 Å². The number of ether oxygens (including phenoxy) is 2. The molecular formula is C18H14ClF3N4O4. The molecule has 0 bridgehead atoms. The molecule has 2 aromatic carbocycles. The molecule has 8 nitrogen and oxygen atoms in total. The van der Waals surface area contributed by atoms with E-state index in [1.165, 1.54) is 31.4 Å². The molecule has 0 fully saturated rings. The van der Waals surface area contributed by atoms with Crippen molar-refractivity contribution in [3.63, 3.8) is 0 Å². The van der Waals surface area contributed by atoms with E-state index in [9.17, 15) is 22.8 Å². The van der Waals surface area contributed by atoms with Crippen LogP contribution in [0.25, 0.3) is 11.0 Å². The number of imidazole rings is 1. The molecule has 1 aromatic heterocycles. The molecule has 0 aliphatic carbocycles. The molecule has 3 N–H and O–H groups in total. The summed E-state index contributed by atoms with van der Waals surface area (Å²) in [7, 11) is 1.20. The van der Waals surface area contributed by atoms with E-state index in [1.807, 2.05) is 0 Å². The summed E-state index contributed by atoms with van der Waals surface area (Å²) in [6, 6.07) is 7.99. The van der Waals surface area contributed by atoms with E-state index in [2.05, 4.69) is 30.1 Å². The molecule has 0 aliphatic rings. The average molecular weight is 443 g/mol. The van der Waals surface area contributed by atoms with Crippen molar-refractivity contribution in [1.29, 1.82) is 0 Å². The van der Waals surface area contributed by atoms with Crippen LogP contribution in [0.1, 0.15) is 10.4 Å². The number of nitrogens with one attached hydrogen (secondary N) is 3. The lowest BCUT2D eigenvalue weighted by Gasteiger charge is -2.09. The molecule has 158 valence electrons.